The van der Waals surface area contributed by atoms with Crippen molar-refractivity contribution < 1.29 is 0 Å². The van der Waals surface area contributed by atoms with Gasteiger partial charge in [0.1, 0.15) is 0 Å². The number of hydrogen-bond donors (Lipinski definition) is 1. The number of nitrogens with zero attached hydrogens (tertiary/aromatic N) is 1. The summed E-state index contributed by atoms with van der Waals surface area (Å²) in [5.41, 5.74) is 0. The van der Waals surface area contributed by atoms with Crippen molar-refractivity contribution in [2.45, 2.75) is 70.8 Å². The lowest BCUT2D eigenvalue weighted by Crippen LogP contribution is -2.31. The van der Waals surface area contributed by atoms with E-state index in [0.717, 1.165) is 6.04 Å². The van der Waals surface area contributed by atoms with Crippen LogP contribution in [0.5, 0.6) is 0 Å². The van der Waals surface area contributed by atoms with Crippen LogP contribution in [0.25, 0.3) is 0 Å². The average molecular weight is 240 g/mol. The molecule has 0 aromatic rings. The maximum atomic E-state index is 3.56. The molecule has 1 N–H and O–H groups in total. The summed E-state index contributed by atoms with van der Waals surface area (Å²) in [5, 5.41) is 3.56. The molecule has 1 fully saturated rings. The van der Waals surface area contributed by atoms with Crippen molar-refractivity contribution >= 4 is 0 Å². The lowest BCUT2D eigenvalue weighted by Gasteiger charge is -2.15. The van der Waals surface area contributed by atoms with Gasteiger partial charge >= 0.3 is 0 Å². The molecule has 0 atom stereocenters. The van der Waals surface area contributed by atoms with Crippen molar-refractivity contribution in [3.8, 4) is 0 Å². The van der Waals surface area contributed by atoms with Crippen LogP contribution in [0.4, 0.5) is 0 Å². The van der Waals surface area contributed by atoms with E-state index in [1.165, 1.54) is 77.4 Å². The highest BCUT2D eigenvalue weighted by atomic mass is 15.2. The van der Waals surface area contributed by atoms with Crippen LogP contribution in [0.1, 0.15) is 64.7 Å². The Hall–Kier alpha value is -0.0800. The molecule has 0 aliphatic heterocycles. The Kier molecular flexibility index (Phi) is 8.72. The topological polar surface area (TPSA) is 15.3 Å². The zero-order valence-corrected chi connectivity index (χ0v) is 12.0. The van der Waals surface area contributed by atoms with Gasteiger partial charge in [0.25, 0.3) is 0 Å². The number of rotatable bonds is 12. The Morgan fingerprint density at radius 3 is 2.24 bits per heavy atom. The van der Waals surface area contributed by atoms with Crippen LogP contribution < -0.4 is 5.32 Å². The van der Waals surface area contributed by atoms with Gasteiger partial charge in [0.2, 0.25) is 0 Å². The smallest absolute Gasteiger partial charge is 0.0107 e. The molecule has 0 saturated heterocycles. The van der Waals surface area contributed by atoms with Crippen molar-refractivity contribution in [3.63, 3.8) is 0 Å². The molecule has 102 valence electrons. The van der Waals surface area contributed by atoms with E-state index in [9.17, 15) is 0 Å². The first-order chi connectivity index (χ1) is 8.34. The third-order valence-corrected chi connectivity index (χ3v) is 3.77. The Balaban J connectivity index is 1.69. The molecule has 0 aromatic carbocycles. The summed E-state index contributed by atoms with van der Waals surface area (Å²) >= 11 is 0. The van der Waals surface area contributed by atoms with Crippen molar-refractivity contribution in [2.24, 2.45) is 0 Å². The van der Waals surface area contributed by atoms with Crippen LogP contribution in [-0.4, -0.2) is 37.6 Å². The molecule has 1 aliphatic rings. The molecule has 1 saturated carbocycles. The van der Waals surface area contributed by atoms with E-state index in [0.29, 0.717) is 0 Å². The van der Waals surface area contributed by atoms with Crippen LogP contribution in [0, 0.1) is 0 Å². The predicted octanol–water partition coefficient (Wildman–Crippen LogP) is 3.42. The van der Waals surface area contributed by atoms with E-state index in [4.69, 9.17) is 0 Å². The summed E-state index contributed by atoms with van der Waals surface area (Å²) in [7, 11) is 2.26. The zero-order chi connectivity index (χ0) is 12.3. The lowest BCUT2D eigenvalue weighted by atomic mass is 10.1. The van der Waals surface area contributed by atoms with Crippen molar-refractivity contribution in [1.29, 1.82) is 0 Å². The molecule has 2 heteroatoms. The van der Waals surface area contributed by atoms with Crippen molar-refractivity contribution in [2.75, 3.05) is 26.7 Å². The highest BCUT2D eigenvalue weighted by molar-refractivity contribution is 4.82. The van der Waals surface area contributed by atoms with Crippen LogP contribution in [-0.2, 0) is 0 Å². The SMILES string of the molecule is CCCCCCCCCNCCN(C)C1CC1. The molecule has 0 aromatic heterocycles. The predicted molar refractivity (Wildman–Crippen MR) is 76.5 cm³/mol. The second-order valence-electron chi connectivity index (χ2n) is 5.58. The molecule has 1 aliphatic carbocycles. The second kappa shape index (κ2) is 9.90. The number of hydrogen-bond acceptors (Lipinski definition) is 2. The maximum absolute atomic E-state index is 3.56. The van der Waals surface area contributed by atoms with Gasteiger partial charge in [-0.05, 0) is 32.9 Å². The molecular formula is C15H32N2. The monoisotopic (exact) mass is 240 g/mol. The summed E-state index contributed by atoms with van der Waals surface area (Å²) < 4.78 is 0. The first kappa shape index (κ1) is 15.0. The fraction of sp³-hybridized carbons (Fsp3) is 1.00. The van der Waals surface area contributed by atoms with Crippen LogP contribution in [0.2, 0.25) is 0 Å². The lowest BCUT2D eigenvalue weighted by molar-refractivity contribution is 0.321. The Labute approximate surface area is 108 Å². The molecule has 0 radical (unpaired) electrons. The van der Waals surface area contributed by atoms with Gasteiger partial charge in [0.15, 0.2) is 0 Å². The minimum atomic E-state index is 0.912. The van der Waals surface area contributed by atoms with Gasteiger partial charge in [0.05, 0.1) is 0 Å². The average Bonchev–Trinajstić information content (AvgIpc) is 3.15. The highest BCUT2D eigenvalue weighted by Gasteiger charge is 2.25. The van der Waals surface area contributed by atoms with Gasteiger partial charge in [-0.15, -0.1) is 0 Å². The largest absolute Gasteiger partial charge is 0.315 e. The molecular weight excluding hydrogens is 208 g/mol. The Morgan fingerprint density at radius 1 is 0.941 bits per heavy atom. The standard InChI is InChI=1S/C15H32N2/c1-3-4-5-6-7-8-9-12-16-13-14-17(2)15-10-11-15/h15-16H,3-14H2,1-2H3. The van der Waals surface area contributed by atoms with Crippen LogP contribution in [0.3, 0.4) is 0 Å². The minimum Gasteiger partial charge on any atom is -0.315 e. The van der Waals surface area contributed by atoms with Gasteiger partial charge < -0.3 is 10.2 Å². The fourth-order valence-electron chi connectivity index (χ4n) is 2.29. The number of nitrogens with one attached hydrogen (secondary N) is 1. The first-order valence-electron chi connectivity index (χ1n) is 7.75. The fourth-order valence-corrected chi connectivity index (χ4v) is 2.29. The van der Waals surface area contributed by atoms with Gasteiger partial charge in [-0.1, -0.05) is 45.4 Å². The molecule has 1 rings (SSSR count). The highest BCUT2D eigenvalue weighted by Crippen LogP contribution is 2.24. The molecule has 17 heavy (non-hydrogen) atoms. The minimum absolute atomic E-state index is 0.912. The van der Waals surface area contributed by atoms with E-state index in [1.807, 2.05) is 0 Å². The molecule has 0 unspecified atom stereocenters. The van der Waals surface area contributed by atoms with Crippen molar-refractivity contribution in [1.82, 2.24) is 10.2 Å². The second-order valence-corrected chi connectivity index (χ2v) is 5.58. The van der Waals surface area contributed by atoms with Gasteiger partial charge in [-0.3, -0.25) is 0 Å². The van der Waals surface area contributed by atoms with Crippen LogP contribution >= 0.6 is 0 Å². The molecule has 0 bridgehead atoms. The molecule has 2 nitrogen and oxygen atoms in total. The first-order valence-corrected chi connectivity index (χ1v) is 7.75. The number of unbranched alkanes of at least 4 members (excludes halogenated alkanes) is 6. The normalized spacial score (nSPS) is 15.7. The third kappa shape index (κ3) is 8.62. The number of likely N-dealkylation sites (N-methyl/N-ethyl adjacent to an activating group) is 1. The summed E-state index contributed by atoms with van der Waals surface area (Å²) in [5.74, 6) is 0. The Morgan fingerprint density at radius 2 is 1.59 bits per heavy atom. The van der Waals surface area contributed by atoms with Crippen LogP contribution in [0.15, 0.2) is 0 Å². The quantitative estimate of drug-likeness (QED) is 0.526. The molecule has 0 amide bonds. The van der Waals surface area contributed by atoms with E-state index in [1.54, 1.807) is 0 Å². The van der Waals surface area contributed by atoms with E-state index in [-0.39, 0.29) is 0 Å². The summed E-state index contributed by atoms with van der Waals surface area (Å²) in [6, 6.07) is 0.912. The van der Waals surface area contributed by atoms with Gasteiger partial charge in [0, 0.05) is 19.1 Å². The van der Waals surface area contributed by atoms with Gasteiger partial charge in [-0.2, -0.15) is 0 Å². The molecule has 0 spiro atoms. The van der Waals surface area contributed by atoms with E-state index >= 15 is 0 Å². The zero-order valence-electron chi connectivity index (χ0n) is 12.0. The third-order valence-electron chi connectivity index (χ3n) is 3.77. The maximum Gasteiger partial charge on any atom is 0.0107 e. The van der Waals surface area contributed by atoms with Crippen molar-refractivity contribution in [3.05, 3.63) is 0 Å². The summed E-state index contributed by atoms with van der Waals surface area (Å²) in [4.78, 5) is 2.50. The van der Waals surface area contributed by atoms with Gasteiger partial charge in [-0.25, -0.2) is 0 Å². The molecule has 0 heterocycles. The van der Waals surface area contributed by atoms with E-state index in [2.05, 4.69) is 24.2 Å². The van der Waals surface area contributed by atoms with E-state index < -0.39 is 0 Å². The Bertz CT molecular complexity index is 166. The summed E-state index contributed by atoms with van der Waals surface area (Å²) in [6.07, 6.45) is 12.7. The summed E-state index contributed by atoms with van der Waals surface area (Å²) in [6.45, 7) is 5.89.